The van der Waals surface area contributed by atoms with Crippen LogP contribution in [0.5, 0.6) is 0 Å². The molecular weight excluding hydrogens is 321 g/mol. The molecule has 0 saturated carbocycles. The molecule has 0 aliphatic rings. The van der Waals surface area contributed by atoms with Crippen molar-refractivity contribution in [2.45, 2.75) is 13.5 Å². The van der Waals surface area contributed by atoms with Crippen molar-refractivity contribution in [1.29, 1.82) is 0 Å². The van der Waals surface area contributed by atoms with E-state index in [4.69, 9.17) is 11.6 Å². The molecule has 0 aliphatic heterocycles. The van der Waals surface area contributed by atoms with E-state index >= 15 is 0 Å². The van der Waals surface area contributed by atoms with Crippen molar-refractivity contribution in [3.05, 3.63) is 58.6 Å². The van der Waals surface area contributed by atoms with Gasteiger partial charge in [-0.05, 0) is 36.2 Å². The molecular formula is C16H15ClFN3O2. The van der Waals surface area contributed by atoms with Crippen LogP contribution in [0.2, 0.25) is 5.02 Å². The van der Waals surface area contributed by atoms with Gasteiger partial charge in [0.05, 0.1) is 16.9 Å². The predicted molar refractivity (Wildman–Crippen MR) is 85.5 cm³/mol. The molecule has 1 N–H and O–H groups in total. The second kappa shape index (κ2) is 7.19. The van der Waals surface area contributed by atoms with Crippen LogP contribution < -0.4 is 5.32 Å². The number of aromatic nitrogens is 1. The van der Waals surface area contributed by atoms with Crippen molar-refractivity contribution in [1.82, 2.24) is 9.88 Å². The van der Waals surface area contributed by atoms with Crippen LogP contribution in [0.15, 0.2) is 36.7 Å². The standard InChI is InChI=1S/C16H15ClFN3O2/c1-10-5-6-19-8-14(10)20-15(22)16(23)21(2)9-11-3-4-12(17)13(18)7-11/h3-8H,9H2,1-2H3,(H,20,22). The Morgan fingerprint density at radius 1 is 1.35 bits per heavy atom. The third-order valence-electron chi connectivity index (χ3n) is 3.23. The van der Waals surface area contributed by atoms with Gasteiger partial charge >= 0.3 is 11.8 Å². The Morgan fingerprint density at radius 2 is 2.09 bits per heavy atom. The summed E-state index contributed by atoms with van der Waals surface area (Å²) in [5, 5.41) is 2.52. The zero-order valence-corrected chi connectivity index (χ0v) is 13.4. The predicted octanol–water partition coefficient (Wildman–Crippen LogP) is 2.78. The van der Waals surface area contributed by atoms with E-state index in [0.29, 0.717) is 11.3 Å². The summed E-state index contributed by atoms with van der Waals surface area (Å²) in [6.07, 6.45) is 3.06. The van der Waals surface area contributed by atoms with E-state index in [0.717, 1.165) is 5.56 Å². The third kappa shape index (κ3) is 4.26. The number of hydrogen-bond acceptors (Lipinski definition) is 3. The molecule has 0 unspecified atom stereocenters. The van der Waals surface area contributed by atoms with Crippen molar-refractivity contribution in [3.8, 4) is 0 Å². The summed E-state index contributed by atoms with van der Waals surface area (Å²) < 4.78 is 13.4. The van der Waals surface area contributed by atoms with Gasteiger partial charge < -0.3 is 10.2 Å². The minimum atomic E-state index is -0.780. The number of pyridine rings is 1. The van der Waals surface area contributed by atoms with Gasteiger partial charge in [-0.25, -0.2) is 4.39 Å². The molecule has 2 amide bonds. The molecule has 5 nitrogen and oxygen atoms in total. The highest BCUT2D eigenvalue weighted by atomic mass is 35.5. The fourth-order valence-electron chi connectivity index (χ4n) is 1.93. The maximum Gasteiger partial charge on any atom is 0.313 e. The van der Waals surface area contributed by atoms with Crippen molar-refractivity contribution in [2.24, 2.45) is 0 Å². The fraction of sp³-hybridized carbons (Fsp3) is 0.188. The first-order valence-corrected chi connectivity index (χ1v) is 7.17. The first kappa shape index (κ1) is 16.9. The van der Waals surface area contributed by atoms with Crippen LogP contribution in [0.25, 0.3) is 0 Å². The monoisotopic (exact) mass is 335 g/mol. The lowest BCUT2D eigenvalue weighted by atomic mass is 10.2. The van der Waals surface area contributed by atoms with Crippen LogP contribution in [-0.4, -0.2) is 28.7 Å². The molecule has 1 aromatic carbocycles. The van der Waals surface area contributed by atoms with E-state index in [-0.39, 0.29) is 11.6 Å². The first-order valence-electron chi connectivity index (χ1n) is 6.79. The van der Waals surface area contributed by atoms with Gasteiger partial charge in [0, 0.05) is 19.8 Å². The van der Waals surface area contributed by atoms with E-state index < -0.39 is 17.6 Å². The second-order valence-corrected chi connectivity index (χ2v) is 5.46. The number of halogens is 2. The van der Waals surface area contributed by atoms with Gasteiger partial charge in [0.2, 0.25) is 0 Å². The Labute approximate surface area is 138 Å². The smallest absolute Gasteiger partial charge is 0.313 e. The van der Waals surface area contributed by atoms with Crippen LogP contribution in [-0.2, 0) is 16.1 Å². The summed E-state index contributed by atoms with van der Waals surface area (Å²) in [6.45, 7) is 1.88. The van der Waals surface area contributed by atoms with Gasteiger partial charge in [0.15, 0.2) is 0 Å². The average molecular weight is 336 g/mol. The molecule has 0 saturated heterocycles. The lowest BCUT2D eigenvalue weighted by Crippen LogP contribution is -2.36. The van der Waals surface area contributed by atoms with Crippen molar-refractivity contribution >= 4 is 29.1 Å². The van der Waals surface area contributed by atoms with E-state index in [1.165, 1.54) is 30.3 Å². The highest BCUT2D eigenvalue weighted by Gasteiger charge is 2.20. The summed E-state index contributed by atoms with van der Waals surface area (Å²) >= 11 is 5.61. The number of likely N-dealkylation sites (N-methyl/N-ethyl adjacent to an activating group) is 1. The number of rotatable bonds is 3. The number of anilines is 1. The van der Waals surface area contributed by atoms with Gasteiger partial charge in [-0.1, -0.05) is 17.7 Å². The number of amides is 2. The summed E-state index contributed by atoms with van der Waals surface area (Å²) in [5.74, 6) is -2.08. The second-order valence-electron chi connectivity index (χ2n) is 5.05. The summed E-state index contributed by atoms with van der Waals surface area (Å²) in [7, 11) is 1.46. The van der Waals surface area contributed by atoms with E-state index in [1.807, 2.05) is 0 Å². The summed E-state index contributed by atoms with van der Waals surface area (Å²) in [4.78, 5) is 29.2. The molecule has 0 radical (unpaired) electrons. The Bertz CT molecular complexity index is 752. The number of hydrogen-bond donors (Lipinski definition) is 1. The van der Waals surface area contributed by atoms with Crippen LogP contribution in [0.3, 0.4) is 0 Å². The molecule has 0 spiro atoms. The van der Waals surface area contributed by atoms with Crippen LogP contribution in [0.1, 0.15) is 11.1 Å². The minimum absolute atomic E-state index is 0.00697. The summed E-state index contributed by atoms with van der Waals surface area (Å²) in [6, 6.07) is 5.96. The molecule has 0 bridgehead atoms. The number of aryl methyl sites for hydroxylation is 1. The normalized spacial score (nSPS) is 10.3. The molecule has 1 heterocycles. The molecule has 23 heavy (non-hydrogen) atoms. The molecule has 7 heteroatoms. The van der Waals surface area contributed by atoms with Crippen LogP contribution >= 0.6 is 11.6 Å². The van der Waals surface area contributed by atoms with Gasteiger partial charge in [-0.2, -0.15) is 0 Å². The van der Waals surface area contributed by atoms with Gasteiger partial charge in [0.25, 0.3) is 0 Å². The Hall–Kier alpha value is -2.47. The van der Waals surface area contributed by atoms with Crippen LogP contribution in [0.4, 0.5) is 10.1 Å². The maximum absolute atomic E-state index is 13.4. The van der Waals surface area contributed by atoms with Crippen LogP contribution in [0, 0.1) is 12.7 Å². The van der Waals surface area contributed by atoms with E-state index in [1.54, 1.807) is 25.3 Å². The fourth-order valence-corrected chi connectivity index (χ4v) is 2.05. The highest BCUT2D eigenvalue weighted by Crippen LogP contribution is 2.17. The van der Waals surface area contributed by atoms with Crippen molar-refractivity contribution < 1.29 is 14.0 Å². The van der Waals surface area contributed by atoms with Gasteiger partial charge in [0.1, 0.15) is 5.82 Å². The Morgan fingerprint density at radius 3 is 2.74 bits per heavy atom. The number of nitrogens with zero attached hydrogens (tertiary/aromatic N) is 2. The topological polar surface area (TPSA) is 62.3 Å². The zero-order valence-electron chi connectivity index (χ0n) is 12.6. The molecule has 0 aliphatic carbocycles. The average Bonchev–Trinajstić information content (AvgIpc) is 2.52. The Balaban J connectivity index is 2.02. The lowest BCUT2D eigenvalue weighted by Gasteiger charge is -2.17. The molecule has 2 aromatic rings. The molecule has 0 fully saturated rings. The van der Waals surface area contributed by atoms with Crippen molar-refractivity contribution in [2.75, 3.05) is 12.4 Å². The molecule has 2 rings (SSSR count). The third-order valence-corrected chi connectivity index (χ3v) is 3.54. The molecule has 1 aromatic heterocycles. The highest BCUT2D eigenvalue weighted by molar-refractivity contribution is 6.39. The molecule has 0 atom stereocenters. The number of carbonyl (C=O) groups excluding carboxylic acids is 2. The van der Waals surface area contributed by atoms with Gasteiger partial charge in [-0.15, -0.1) is 0 Å². The van der Waals surface area contributed by atoms with E-state index in [2.05, 4.69) is 10.3 Å². The molecule has 120 valence electrons. The number of benzene rings is 1. The number of carbonyl (C=O) groups is 2. The van der Waals surface area contributed by atoms with E-state index in [9.17, 15) is 14.0 Å². The zero-order chi connectivity index (χ0) is 17.0. The SMILES string of the molecule is Cc1ccncc1NC(=O)C(=O)N(C)Cc1ccc(Cl)c(F)c1. The van der Waals surface area contributed by atoms with Crippen molar-refractivity contribution in [3.63, 3.8) is 0 Å². The van der Waals surface area contributed by atoms with Gasteiger partial charge in [-0.3, -0.25) is 14.6 Å². The largest absolute Gasteiger partial charge is 0.333 e. The lowest BCUT2D eigenvalue weighted by molar-refractivity contribution is -0.142. The minimum Gasteiger partial charge on any atom is -0.333 e. The Kier molecular flexibility index (Phi) is 5.28. The number of nitrogens with one attached hydrogen (secondary N) is 1. The summed E-state index contributed by atoms with van der Waals surface area (Å²) in [5.41, 5.74) is 1.80. The quantitative estimate of drug-likeness (QED) is 0.877. The maximum atomic E-state index is 13.4. The first-order chi connectivity index (χ1) is 10.9.